The molecule has 2 rings (SSSR count). The van der Waals surface area contributed by atoms with Crippen LogP contribution in [0.15, 0.2) is 6.20 Å². The molecule has 0 bridgehead atoms. The maximum absolute atomic E-state index is 5.89. The molecule has 0 saturated carbocycles. The van der Waals surface area contributed by atoms with Gasteiger partial charge in [-0.2, -0.15) is 5.10 Å². The van der Waals surface area contributed by atoms with Crippen molar-refractivity contribution >= 4 is 0 Å². The molecule has 1 aliphatic rings. The lowest BCUT2D eigenvalue weighted by Crippen LogP contribution is -2.45. The summed E-state index contributed by atoms with van der Waals surface area (Å²) in [6.07, 6.45) is 5.99. The molecule has 1 aromatic heterocycles. The molecule has 1 fully saturated rings. The van der Waals surface area contributed by atoms with E-state index >= 15 is 0 Å². The van der Waals surface area contributed by atoms with Crippen LogP contribution in [0.25, 0.3) is 0 Å². The predicted molar refractivity (Wildman–Crippen MR) is 69.8 cm³/mol. The first-order valence-electron chi connectivity index (χ1n) is 6.59. The van der Waals surface area contributed by atoms with E-state index in [-0.39, 0.29) is 0 Å². The minimum absolute atomic E-state index is 0.428. The lowest BCUT2D eigenvalue weighted by atomic mass is 9.97. The fourth-order valence-electron chi connectivity index (χ4n) is 2.99. The molecule has 0 aromatic carbocycles. The lowest BCUT2D eigenvalue weighted by Gasteiger charge is -2.39. The predicted octanol–water partition coefficient (Wildman–Crippen LogP) is 1.60. The minimum Gasteiger partial charge on any atom is -0.329 e. The van der Waals surface area contributed by atoms with Crippen LogP contribution in [-0.4, -0.2) is 33.8 Å². The largest absolute Gasteiger partial charge is 0.329 e. The first-order valence-corrected chi connectivity index (χ1v) is 6.59. The fraction of sp³-hybridized carbons (Fsp3) is 0.769. The van der Waals surface area contributed by atoms with Gasteiger partial charge in [-0.3, -0.25) is 9.58 Å². The molecule has 0 amide bonds. The molecule has 4 heteroatoms. The highest BCUT2D eigenvalue weighted by Crippen LogP contribution is 2.29. The zero-order valence-electron chi connectivity index (χ0n) is 11.2. The number of nitrogens with zero attached hydrogens (tertiary/aromatic N) is 3. The molecule has 0 radical (unpaired) electrons. The van der Waals surface area contributed by atoms with E-state index in [9.17, 15) is 0 Å². The summed E-state index contributed by atoms with van der Waals surface area (Å²) in [7, 11) is 1.99. The van der Waals surface area contributed by atoms with E-state index < -0.39 is 0 Å². The van der Waals surface area contributed by atoms with Crippen LogP contribution in [0.3, 0.4) is 0 Å². The summed E-state index contributed by atoms with van der Waals surface area (Å²) in [6.45, 7) is 6.30. The first-order chi connectivity index (χ1) is 8.13. The van der Waals surface area contributed by atoms with Gasteiger partial charge in [0.1, 0.15) is 0 Å². The van der Waals surface area contributed by atoms with Crippen LogP contribution in [-0.2, 0) is 7.05 Å². The van der Waals surface area contributed by atoms with Gasteiger partial charge >= 0.3 is 0 Å². The van der Waals surface area contributed by atoms with Crippen molar-refractivity contribution < 1.29 is 0 Å². The molecular weight excluding hydrogens is 212 g/mol. The average Bonchev–Trinajstić information content (AvgIpc) is 2.67. The second-order valence-corrected chi connectivity index (χ2v) is 5.14. The van der Waals surface area contributed by atoms with Crippen LogP contribution in [0.1, 0.15) is 43.5 Å². The van der Waals surface area contributed by atoms with Crippen molar-refractivity contribution in [2.75, 3.05) is 13.1 Å². The highest BCUT2D eigenvalue weighted by Gasteiger charge is 2.27. The Kier molecular flexibility index (Phi) is 3.84. The summed E-state index contributed by atoms with van der Waals surface area (Å²) >= 11 is 0. The van der Waals surface area contributed by atoms with Crippen molar-refractivity contribution in [2.45, 2.75) is 45.2 Å². The molecule has 0 aliphatic carbocycles. The number of aromatic nitrogens is 2. The van der Waals surface area contributed by atoms with Gasteiger partial charge in [-0.05, 0) is 33.2 Å². The molecule has 1 aliphatic heterocycles. The van der Waals surface area contributed by atoms with Gasteiger partial charge in [0.25, 0.3) is 0 Å². The third-order valence-corrected chi connectivity index (χ3v) is 3.94. The van der Waals surface area contributed by atoms with Gasteiger partial charge in [-0.1, -0.05) is 6.42 Å². The molecule has 1 saturated heterocycles. The van der Waals surface area contributed by atoms with Crippen molar-refractivity contribution in [3.05, 3.63) is 17.5 Å². The van der Waals surface area contributed by atoms with Gasteiger partial charge in [0.05, 0.1) is 5.69 Å². The SMILES string of the molecule is Cc1nn(C)cc1C(C)N1CCCCC1CN. The second-order valence-electron chi connectivity index (χ2n) is 5.14. The third-order valence-electron chi connectivity index (χ3n) is 3.94. The molecule has 2 N–H and O–H groups in total. The van der Waals surface area contributed by atoms with E-state index in [0.29, 0.717) is 12.1 Å². The van der Waals surface area contributed by atoms with Gasteiger partial charge in [-0.25, -0.2) is 0 Å². The number of hydrogen-bond donors (Lipinski definition) is 1. The first kappa shape index (κ1) is 12.6. The van der Waals surface area contributed by atoms with Crippen molar-refractivity contribution in [3.63, 3.8) is 0 Å². The number of piperidine rings is 1. The number of likely N-dealkylation sites (tertiary alicyclic amines) is 1. The maximum atomic E-state index is 5.89. The Balaban J connectivity index is 2.17. The Hall–Kier alpha value is -0.870. The van der Waals surface area contributed by atoms with Crippen molar-refractivity contribution in [1.29, 1.82) is 0 Å². The van der Waals surface area contributed by atoms with Gasteiger partial charge in [0, 0.05) is 37.4 Å². The molecule has 1 aromatic rings. The van der Waals surface area contributed by atoms with E-state index in [4.69, 9.17) is 5.73 Å². The Morgan fingerprint density at radius 1 is 1.53 bits per heavy atom. The van der Waals surface area contributed by atoms with Crippen molar-refractivity contribution in [2.24, 2.45) is 12.8 Å². The Morgan fingerprint density at radius 3 is 2.88 bits per heavy atom. The van der Waals surface area contributed by atoms with E-state index in [0.717, 1.165) is 18.8 Å². The highest BCUT2D eigenvalue weighted by atomic mass is 15.3. The van der Waals surface area contributed by atoms with Gasteiger partial charge in [-0.15, -0.1) is 0 Å². The standard InChI is InChI=1S/C13H24N4/c1-10-13(9-16(3)15-10)11(2)17-7-5-4-6-12(17)8-14/h9,11-12H,4-8,14H2,1-3H3. The van der Waals surface area contributed by atoms with E-state index in [1.807, 2.05) is 11.7 Å². The van der Waals surface area contributed by atoms with E-state index in [1.54, 1.807) is 0 Å². The zero-order valence-corrected chi connectivity index (χ0v) is 11.2. The smallest absolute Gasteiger partial charge is 0.0641 e. The molecule has 2 unspecified atom stereocenters. The number of nitrogens with two attached hydrogens (primary N) is 1. The molecule has 17 heavy (non-hydrogen) atoms. The summed E-state index contributed by atoms with van der Waals surface area (Å²) in [5, 5.41) is 4.44. The topological polar surface area (TPSA) is 47.1 Å². The normalized spacial score (nSPS) is 23.9. The Morgan fingerprint density at radius 2 is 2.29 bits per heavy atom. The number of rotatable bonds is 3. The number of hydrogen-bond acceptors (Lipinski definition) is 3. The molecule has 0 spiro atoms. The van der Waals surface area contributed by atoms with Crippen LogP contribution in [0, 0.1) is 6.92 Å². The molecular formula is C13H24N4. The van der Waals surface area contributed by atoms with Crippen LogP contribution >= 0.6 is 0 Å². The Bertz CT molecular complexity index is 371. The van der Waals surface area contributed by atoms with Crippen molar-refractivity contribution in [3.8, 4) is 0 Å². The van der Waals surface area contributed by atoms with Gasteiger partial charge < -0.3 is 5.73 Å². The van der Waals surface area contributed by atoms with Crippen LogP contribution in [0.2, 0.25) is 0 Å². The van der Waals surface area contributed by atoms with E-state index in [1.165, 1.54) is 24.8 Å². The van der Waals surface area contributed by atoms with Crippen LogP contribution in [0.4, 0.5) is 0 Å². The molecule has 2 heterocycles. The third kappa shape index (κ3) is 2.53. The van der Waals surface area contributed by atoms with Crippen LogP contribution < -0.4 is 5.73 Å². The summed E-state index contributed by atoms with van der Waals surface area (Å²) in [5.41, 5.74) is 8.37. The summed E-state index contributed by atoms with van der Waals surface area (Å²) in [4.78, 5) is 2.55. The van der Waals surface area contributed by atoms with Gasteiger partial charge in [0.15, 0.2) is 0 Å². The summed E-state index contributed by atoms with van der Waals surface area (Å²) in [6, 6.07) is 0.968. The minimum atomic E-state index is 0.428. The summed E-state index contributed by atoms with van der Waals surface area (Å²) < 4.78 is 1.91. The molecule has 96 valence electrons. The second kappa shape index (κ2) is 5.19. The van der Waals surface area contributed by atoms with Gasteiger partial charge in [0.2, 0.25) is 0 Å². The fourth-order valence-corrected chi connectivity index (χ4v) is 2.99. The lowest BCUT2D eigenvalue weighted by molar-refractivity contribution is 0.107. The molecule has 2 atom stereocenters. The van der Waals surface area contributed by atoms with E-state index in [2.05, 4.69) is 30.0 Å². The maximum Gasteiger partial charge on any atom is 0.0641 e. The molecule has 4 nitrogen and oxygen atoms in total. The highest BCUT2D eigenvalue weighted by molar-refractivity contribution is 5.20. The number of aryl methyl sites for hydroxylation is 2. The van der Waals surface area contributed by atoms with Crippen LogP contribution in [0.5, 0.6) is 0 Å². The van der Waals surface area contributed by atoms with Crippen molar-refractivity contribution in [1.82, 2.24) is 14.7 Å². The zero-order chi connectivity index (χ0) is 12.4. The monoisotopic (exact) mass is 236 g/mol. The summed E-state index contributed by atoms with van der Waals surface area (Å²) in [5.74, 6) is 0. The average molecular weight is 236 g/mol. The quantitative estimate of drug-likeness (QED) is 0.867. The Labute approximate surface area is 104 Å².